The average Bonchev–Trinajstić information content (AvgIpc) is 3.61. The first-order valence-electron chi connectivity index (χ1n) is 21.4. The predicted molar refractivity (Wildman–Crippen MR) is 290 cm³/mol. The van der Waals surface area contributed by atoms with Crippen LogP contribution in [0.2, 0.25) is 0 Å². The minimum absolute atomic E-state index is 0.0306. The van der Waals surface area contributed by atoms with Crippen LogP contribution in [0.5, 0.6) is 11.5 Å². The van der Waals surface area contributed by atoms with E-state index in [0.717, 1.165) is 36.0 Å². The SMILES string of the molecule is COc1cc2c(cc1OCc1ccc(C)c(F)c1)C1Cc3c([nH]c4ccccc34)C(c3ccc(F)cc3)N1CC2.[B]B([B])B([B])B(B([B])[B])B(B(B([B])[B])B([B])[B])B(B([B])[B])B([B])[B]. The number of methoxy groups -OCH3 is 1. The van der Waals surface area contributed by atoms with Gasteiger partial charge in [0, 0.05) is 200 Å². The number of fused-ring (bicyclic) bond motifs is 6. The van der Waals surface area contributed by atoms with Gasteiger partial charge in [-0.25, -0.2) is 8.78 Å². The smallest absolute Gasteiger partial charge is 0.162 e. The summed E-state index contributed by atoms with van der Waals surface area (Å²) in [7, 11) is 77.9. The van der Waals surface area contributed by atoms with E-state index in [1.54, 1.807) is 32.2 Å². The molecule has 0 aliphatic carbocycles. The van der Waals surface area contributed by atoms with Crippen LogP contribution in [0.4, 0.5) is 8.78 Å². The lowest BCUT2D eigenvalue weighted by molar-refractivity contribution is 0.127. The van der Waals surface area contributed by atoms with E-state index in [0.29, 0.717) is 17.1 Å². The van der Waals surface area contributed by atoms with E-state index < -0.39 is 70.2 Å². The summed E-state index contributed by atoms with van der Waals surface area (Å²) >= 11 is 0. The first-order chi connectivity index (χ1) is 30.3. The number of ether oxygens (including phenoxy) is 2. The molecule has 0 saturated carbocycles. The molecule has 1 N–H and O–H groups in total. The lowest BCUT2D eigenvalue weighted by atomic mass is 8.35. The number of rotatable bonds is 15. The zero-order valence-electron chi connectivity index (χ0n) is 36.4. The molecule has 2 unspecified atom stereocenters. The van der Waals surface area contributed by atoms with E-state index in [1.807, 2.05) is 18.2 Å². The zero-order valence-corrected chi connectivity index (χ0v) is 36.4. The Labute approximate surface area is 400 Å². The number of halogens is 2. The van der Waals surface area contributed by atoms with Crippen LogP contribution in [-0.2, 0) is 19.4 Å². The van der Waals surface area contributed by atoms with Crippen molar-refractivity contribution in [1.82, 2.24) is 9.88 Å². The highest BCUT2D eigenvalue weighted by atomic mass is 19.1. The third-order valence-electron chi connectivity index (χ3n) is 12.9. The van der Waals surface area contributed by atoms with Gasteiger partial charge in [-0.15, -0.1) is 0 Å². The van der Waals surface area contributed by atoms with Crippen LogP contribution in [-0.4, -0.2) is 194 Å². The molecule has 0 amide bonds. The first kappa shape index (κ1) is 50.8. The summed E-state index contributed by atoms with van der Waals surface area (Å²) in [6.45, 7) is 2.85. The van der Waals surface area contributed by atoms with E-state index in [2.05, 4.69) is 46.3 Å². The molecule has 1 aromatic heterocycles. The maximum Gasteiger partial charge on any atom is 0.162 e. The van der Waals surface area contributed by atoms with Gasteiger partial charge in [0.1, 0.15) is 18.2 Å². The van der Waals surface area contributed by atoms with Crippen molar-refractivity contribution in [2.45, 2.75) is 38.5 Å². The van der Waals surface area contributed by atoms with Crippen LogP contribution in [0.25, 0.3) is 10.9 Å². The molecule has 7 rings (SSSR count). The summed E-state index contributed by atoms with van der Waals surface area (Å²) in [6, 6.07) is 24.8. The summed E-state index contributed by atoms with van der Waals surface area (Å²) in [4.78, 5) is 6.23. The standard InChI is InChI=1S/C34H30F2N2O2.B24/c1-20-7-8-21(15-28(20)36)19-40-32-18-26-23(16-31(32)39-2)13-14-38-30(26)17-27-25-5-3-4-6-29(25)37-33(27)34(38)22-9-11-24(35)12-10-22;1-14(2)20(13)23(19(11)12)24(21(15(3)4)16(5)6)22(17(7)8)18(9)10/h3-12,15-16,18,30,34,37H,13-14,17,19H2,1-2H3;. The van der Waals surface area contributed by atoms with Crippen molar-refractivity contribution in [3.63, 3.8) is 0 Å². The van der Waals surface area contributed by atoms with E-state index in [4.69, 9.17) is 110 Å². The first-order valence-corrected chi connectivity index (χ1v) is 21.4. The Morgan fingerprint density at radius 1 is 0.688 bits per heavy atom. The quantitative estimate of drug-likeness (QED) is 0.131. The van der Waals surface area contributed by atoms with Crippen molar-refractivity contribution in [2.75, 3.05) is 13.7 Å². The number of aromatic nitrogens is 1. The number of aromatic amines is 1. The molecule has 5 aromatic rings. The molecule has 274 valence electrons. The van der Waals surface area contributed by atoms with Gasteiger partial charge in [-0.1, -0.05) is 42.5 Å². The van der Waals surface area contributed by atoms with E-state index in [-0.39, 0.29) is 30.3 Å². The second-order valence-electron chi connectivity index (χ2n) is 17.1. The Hall–Kier alpha value is -2.60. The Bertz CT molecular complexity index is 2310. The molecular formula is C34H30B24F2N2O2. The molecule has 2 aliphatic heterocycles. The Morgan fingerprint density at radius 2 is 1.30 bits per heavy atom. The number of aryl methyl sites for hydroxylation is 1. The monoisotopic (exact) mass is 800 g/mol. The molecule has 26 radical (unpaired) electrons. The number of H-pyrrole nitrogens is 1. The molecule has 4 aromatic carbocycles. The molecule has 0 spiro atoms. The lowest BCUT2D eigenvalue weighted by Crippen LogP contribution is -2.84. The molecular weight excluding hydrogens is 766 g/mol. The van der Waals surface area contributed by atoms with E-state index in [1.165, 1.54) is 33.8 Å². The van der Waals surface area contributed by atoms with Crippen molar-refractivity contribution < 1.29 is 18.3 Å². The van der Waals surface area contributed by atoms with Gasteiger partial charge in [-0.05, 0) is 89.5 Å². The van der Waals surface area contributed by atoms with Crippen LogP contribution < -0.4 is 9.47 Å². The summed E-state index contributed by atoms with van der Waals surface area (Å²) in [6.07, 6.45) is -7.85. The third kappa shape index (κ3) is 11.0. The van der Waals surface area contributed by atoms with Gasteiger partial charge in [0.15, 0.2) is 11.5 Å². The molecule has 3 heterocycles. The Kier molecular flexibility index (Phi) is 17.5. The highest BCUT2D eigenvalue weighted by molar-refractivity contribution is 8.23. The number of nitrogens with zero attached hydrogens (tertiary/aromatic N) is 1. The number of hydrogen-bond donors (Lipinski definition) is 1. The van der Waals surface area contributed by atoms with Crippen LogP contribution >= 0.6 is 0 Å². The van der Waals surface area contributed by atoms with E-state index >= 15 is 0 Å². The fraction of sp³-hybridized carbons (Fsp3) is 0.235. The largest absolute Gasteiger partial charge is 0.493 e. The van der Waals surface area contributed by atoms with Crippen LogP contribution in [0.15, 0.2) is 78.9 Å². The highest BCUT2D eigenvalue weighted by Crippen LogP contribution is 2.49. The summed E-state index contributed by atoms with van der Waals surface area (Å²) in [5.41, 5.74) is 8.49. The van der Waals surface area contributed by atoms with Crippen molar-refractivity contribution in [1.29, 1.82) is 0 Å². The number of para-hydroxylation sites is 1. The maximum atomic E-state index is 14.2. The van der Waals surface area contributed by atoms with Crippen molar-refractivity contribution in [2.24, 2.45) is 0 Å². The molecule has 64 heavy (non-hydrogen) atoms. The number of hydrogen-bond acceptors (Lipinski definition) is 3. The summed E-state index contributed by atoms with van der Waals surface area (Å²) < 4.78 is 40.1. The zero-order chi connectivity index (χ0) is 46.7. The van der Waals surface area contributed by atoms with Gasteiger partial charge in [0.25, 0.3) is 0 Å². The second-order valence-corrected chi connectivity index (χ2v) is 17.1. The van der Waals surface area contributed by atoms with E-state index in [9.17, 15) is 8.78 Å². The minimum Gasteiger partial charge on any atom is -0.493 e. The fourth-order valence-electron chi connectivity index (χ4n) is 9.80. The average molecular weight is 796 g/mol. The fourth-order valence-corrected chi connectivity index (χ4v) is 9.80. The van der Waals surface area contributed by atoms with Gasteiger partial charge < -0.3 is 14.5 Å². The van der Waals surface area contributed by atoms with Gasteiger partial charge in [-0.3, -0.25) is 4.90 Å². The number of benzene rings is 4. The third-order valence-corrected chi connectivity index (χ3v) is 12.9. The molecule has 0 bridgehead atoms. The van der Waals surface area contributed by atoms with Crippen LogP contribution in [0.3, 0.4) is 0 Å². The molecule has 0 fully saturated rings. The maximum absolute atomic E-state index is 14.2. The van der Waals surface area contributed by atoms with Crippen molar-refractivity contribution in [3.8, 4) is 11.5 Å². The molecule has 30 heteroatoms. The van der Waals surface area contributed by atoms with Crippen molar-refractivity contribution in [3.05, 3.63) is 130 Å². The van der Waals surface area contributed by atoms with Crippen LogP contribution in [0, 0.1) is 18.6 Å². The molecule has 0 saturated heterocycles. The molecule has 2 aliphatic rings. The van der Waals surface area contributed by atoms with Gasteiger partial charge >= 0.3 is 0 Å². The Balaban J connectivity index is 0.000000246. The summed E-state index contributed by atoms with van der Waals surface area (Å²) in [5.74, 6) is 0.850. The summed E-state index contributed by atoms with van der Waals surface area (Å²) in [5, 5.41) is 1.22. The minimum atomic E-state index is -0.973. The van der Waals surface area contributed by atoms with Crippen LogP contribution in [0.1, 0.15) is 51.2 Å². The molecule has 4 nitrogen and oxygen atoms in total. The normalized spacial score (nSPS) is 14.9. The topological polar surface area (TPSA) is 37.5 Å². The highest BCUT2D eigenvalue weighted by Gasteiger charge is 2.48. The second kappa shape index (κ2) is 22.0. The lowest BCUT2D eigenvalue weighted by Gasteiger charge is -2.46. The number of nitrogens with one attached hydrogen (secondary N) is 1. The van der Waals surface area contributed by atoms with Gasteiger partial charge in [0.2, 0.25) is 0 Å². The predicted octanol–water partition coefficient (Wildman–Crippen LogP) is -1.55. The molecule has 2 atom stereocenters. The van der Waals surface area contributed by atoms with Gasteiger partial charge in [-0.2, -0.15) is 0 Å². The Morgan fingerprint density at radius 3 is 1.86 bits per heavy atom. The van der Waals surface area contributed by atoms with Gasteiger partial charge in [0.05, 0.1) is 13.2 Å². The van der Waals surface area contributed by atoms with Crippen molar-refractivity contribution >= 4 is 182 Å².